The maximum atomic E-state index is 13.2. The number of phenolic OH excluding ortho intramolecular Hbond substituents is 1. The number of rotatable bonds is 7. The van der Waals surface area contributed by atoms with E-state index in [1.807, 2.05) is 30.3 Å². The molecule has 0 aliphatic carbocycles. The first-order valence-corrected chi connectivity index (χ1v) is 11.2. The van der Waals surface area contributed by atoms with Crippen molar-refractivity contribution in [3.63, 3.8) is 0 Å². The SMILES string of the molecule is COc1cc(/C=C\C=C2/C(=O)NC(=S)N(c3ccc(Oc4ccccc4)cc3)C2=O)cc(OC)c1O. The zero-order chi connectivity index (χ0) is 25.7. The largest absolute Gasteiger partial charge is 0.502 e. The summed E-state index contributed by atoms with van der Waals surface area (Å²) >= 11 is 5.26. The summed E-state index contributed by atoms with van der Waals surface area (Å²) in [7, 11) is 2.85. The highest BCUT2D eigenvalue weighted by atomic mass is 32.1. The van der Waals surface area contributed by atoms with Gasteiger partial charge in [-0.15, -0.1) is 0 Å². The van der Waals surface area contributed by atoms with Crippen molar-refractivity contribution in [1.82, 2.24) is 5.32 Å². The molecule has 1 saturated heterocycles. The number of hydrogen-bond acceptors (Lipinski definition) is 7. The second-order valence-electron chi connectivity index (χ2n) is 7.52. The van der Waals surface area contributed by atoms with Crippen LogP contribution >= 0.6 is 12.2 Å². The molecule has 0 aromatic heterocycles. The van der Waals surface area contributed by atoms with E-state index in [1.165, 1.54) is 25.2 Å². The number of benzene rings is 3. The zero-order valence-corrected chi connectivity index (χ0v) is 20.2. The van der Waals surface area contributed by atoms with Gasteiger partial charge in [-0.25, -0.2) is 0 Å². The summed E-state index contributed by atoms with van der Waals surface area (Å²) in [5.41, 5.74) is 1.01. The maximum Gasteiger partial charge on any atom is 0.270 e. The van der Waals surface area contributed by atoms with Gasteiger partial charge in [-0.05, 0) is 72.4 Å². The second-order valence-corrected chi connectivity index (χ2v) is 7.91. The van der Waals surface area contributed by atoms with Gasteiger partial charge in [0.2, 0.25) is 5.75 Å². The normalized spacial score (nSPS) is 14.8. The minimum absolute atomic E-state index is 0.0177. The number of thiocarbonyl (C=S) groups is 1. The van der Waals surface area contributed by atoms with Crippen LogP contribution in [-0.4, -0.2) is 36.3 Å². The highest BCUT2D eigenvalue weighted by Crippen LogP contribution is 2.37. The lowest BCUT2D eigenvalue weighted by molar-refractivity contribution is -0.122. The Morgan fingerprint density at radius 2 is 1.53 bits per heavy atom. The van der Waals surface area contributed by atoms with Crippen LogP contribution in [0.5, 0.6) is 28.7 Å². The number of anilines is 1. The molecular formula is C27H22N2O6S. The van der Waals surface area contributed by atoms with E-state index in [-0.39, 0.29) is 27.9 Å². The van der Waals surface area contributed by atoms with Gasteiger partial charge >= 0.3 is 0 Å². The quantitative estimate of drug-likeness (QED) is 0.277. The zero-order valence-electron chi connectivity index (χ0n) is 19.4. The summed E-state index contributed by atoms with van der Waals surface area (Å²) in [6.07, 6.45) is 4.58. The Hall–Kier alpha value is -4.63. The molecule has 3 aromatic carbocycles. The molecule has 1 heterocycles. The number of methoxy groups -OCH3 is 2. The molecule has 36 heavy (non-hydrogen) atoms. The van der Waals surface area contributed by atoms with Gasteiger partial charge in [-0.2, -0.15) is 0 Å². The summed E-state index contributed by atoms with van der Waals surface area (Å²) in [6, 6.07) is 19.3. The molecule has 1 aliphatic heterocycles. The molecule has 1 aliphatic rings. The summed E-state index contributed by atoms with van der Waals surface area (Å²) in [5, 5.41) is 12.6. The molecule has 9 heteroatoms. The molecule has 1 fully saturated rings. The van der Waals surface area contributed by atoms with Crippen molar-refractivity contribution in [1.29, 1.82) is 0 Å². The highest BCUT2D eigenvalue weighted by Gasteiger charge is 2.34. The second kappa shape index (κ2) is 10.7. The Morgan fingerprint density at radius 1 is 0.917 bits per heavy atom. The van der Waals surface area contributed by atoms with Gasteiger partial charge < -0.3 is 19.3 Å². The topological polar surface area (TPSA) is 97.3 Å². The van der Waals surface area contributed by atoms with Gasteiger partial charge in [0.1, 0.15) is 17.1 Å². The lowest BCUT2D eigenvalue weighted by atomic mass is 10.1. The monoisotopic (exact) mass is 502 g/mol. The lowest BCUT2D eigenvalue weighted by Crippen LogP contribution is -2.54. The molecule has 8 nitrogen and oxygen atoms in total. The number of carbonyl (C=O) groups is 2. The highest BCUT2D eigenvalue weighted by molar-refractivity contribution is 7.80. The van der Waals surface area contributed by atoms with Crippen molar-refractivity contribution in [2.45, 2.75) is 0 Å². The molecule has 0 spiro atoms. The smallest absolute Gasteiger partial charge is 0.270 e. The van der Waals surface area contributed by atoms with Gasteiger partial charge in [-0.3, -0.25) is 19.8 Å². The van der Waals surface area contributed by atoms with Crippen LogP contribution < -0.4 is 24.4 Å². The van der Waals surface area contributed by atoms with Crippen LogP contribution in [0.2, 0.25) is 0 Å². The average molecular weight is 503 g/mol. The standard InChI is InChI=1S/C27H22N2O6S/c1-33-22-15-17(16-23(34-2)24(22)30)7-6-10-21-25(31)28-27(36)29(26(21)32)18-11-13-20(14-12-18)35-19-8-4-3-5-9-19/h3-16,30H,1-2H3,(H,28,31,36)/b7-6-,21-10+. The summed E-state index contributed by atoms with van der Waals surface area (Å²) in [4.78, 5) is 26.9. The molecule has 182 valence electrons. The number of carbonyl (C=O) groups excluding carboxylic acids is 2. The van der Waals surface area contributed by atoms with E-state index in [2.05, 4.69) is 5.32 Å². The molecule has 3 aromatic rings. The van der Waals surface area contributed by atoms with Gasteiger partial charge in [0, 0.05) is 0 Å². The molecule has 0 unspecified atom stereocenters. The number of nitrogens with zero attached hydrogens (tertiary/aromatic N) is 1. The number of ether oxygens (including phenoxy) is 3. The van der Waals surface area contributed by atoms with Crippen LogP contribution in [0.4, 0.5) is 5.69 Å². The lowest BCUT2D eigenvalue weighted by Gasteiger charge is -2.28. The minimum Gasteiger partial charge on any atom is -0.502 e. The van der Waals surface area contributed by atoms with Crippen molar-refractivity contribution in [2.75, 3.05) is 19.1 Å². The molecule has 0 bridgehead atoms. The van der Waals surface area contributed by atoms with Crippen molar-refractivity contribution in [3.8, 4) is 28.7 Å². The van der Waals surface area contributed by atoms with E-state index in [1.54, 1.807) is 48.6 Å². The van der Waals surface area contributed by atoms with Gasteiger partial charge in [0.15, 0.2) is 16.6 Å². The van der Waals surface area contributed by atoms with Crippen LogP contribution in [-0.2, 0) is 9.59 Å². The number of hydrogen-bond donors (Lipinski definition) is 2. The number of amides is 2. The summed E-state index contributed by atoms with van der Waals surface area (Å²) in [5.74, 6) is 0.433. The average Bonchev–Trinajstić information content (AvgIpc) is 2.88. The van der Waals surface area contributed by atoms with Crippen molar-refractivity contribution >= 4 is 40.9 Å². The summed E-state index contributed by atoms with van der Waals surface area (Å²) in [6.45, 7) is 0. The molecule has 0 atom stereocenters. The molecular weight excluding hydrogens is 480 g/mol. The Bertz CT molecular complexity index is 1340. The van der Waals surface area contributed by atoms with Gasteiger partial charge in [0.05, 0.1) is 19.9 Å². The van der Waals surface area contributed by atoms with E-state index in [0.29, 0.717) is 22.7 Å². The number of allylic oxidation sites excluding steroid dienone is 2. The third-order valence-corrected chi connectivity index (χ3v) is 5.51. The van der Waals surface area contributed by atoms with E-state index in [0.717, 1.165) is 0 Å². The fourth-order valence-electron chi connectivity index (χ4n) is 3.46. The molecule has 2 amide bonds. The number of phenols is 1. The Morgan fingerprint density at radius 3 is 2.14 bits per heavy atom. The van der Waals surface area contributed by atoms with Crippen LogP contribution in [0, 0.1) is 0 Å². The third kappa shape index (κ3) is 5.21. The number of nitrogens with one attached hydrogen (secondary N) is 1. The first-order chi connectivity index (χ1) is 17.4. The van der Waals surface area contributed by atoms with E-state index >= 15 is 0 Å². The Kier molecular flexibility index (Phi) is 7.31. The van der Waals surface area contributed by atoms with Gasteiger partial charge in [0.25, 0.3) is 11.8 Å². The molecule has 0 saturated carbocycles. The third-order valence-electron chi connectivity index (χ3n) is 5.23. The van der Waals surface area contributed by atoms with Crippen LogP contribution in [0.15, 0.2) is 84.5 Å². The Balaban J connectivity index is 1.55. The molecule has 0 radical (unpaired) electrons. The summed E-state index contributed by atoms with van der Waals surface area (Å²) < 4.78 is 16.1. The van der Waals surface area contributed by atoms with Crippen LogP contribution in [0.1, 0.15) is 5.56 Å². The van der Waals surface area contributed by atoms with Crippen LogP contribution in [0.25, 0.3) is 6.08 Å². The minimum atomic E-state index is -0.601. The fourth-order valence-corrected chi connectivity index (χ4v) is 3.75. The van der Waals surface area contributed by atoms with Crippen molar-refractivity contribution in [2.24, 2.45) is 0 Å². The van der Waals surface area contributed by atoms with Crippen molar-refractivity contribution in [3.05, 3.63) is 90.0 Å². The number of para-hydroxylation sites is 1. The van der Waals surface area contributed by atoms with E-state index in [9.17, 15) is 14.7 Å². The van der Waals surface area contributed by atoms with Gasteiger partial charge in [-0.1, -0.05) is 30.4 Å². The molecule has 2 N–H and O–H groups in total. The number of aromatic hydroxyl groups is 1. The van der Waals surface area contributed by atoms with E-state index in [4.69, 9.17) is 26.4 Å². The fraction of sp³-hybridized carbons (Fsp3) is 0.0741. The Labute approximate surface area is 213 Å². The predicted molar refractivity (Wildman–Crippen MR) is 140 cm³/mol. The molecule has 4 rings (SSSR count). The first kappa shape index (κ1) is 24.5. The van der Waals surface area contributed by atoms with Crippen LogP contribution in [0.3, 0.4) is 0 Å². The van der Waals surface area contributed by atoms with Crippen molar-refractivity contribution < 1.29 is 28.9 Å². The maximum absolute atomic E-state index is 13.2. The first-order valence-electron chi connectivity index (χ1n) is 10.8. The van der Waals surface area contributed by atoms with E-state index < -0.39 is 11.8 Å². The predicted octanol–water partition coefficient (Wildman–Crippen LogP) is 4.59.